The van der Waals surface area contributed by atoms with E-state index in [1.54, 1.807) is 0 Å². The number of nitriles is 1. The zero-order valence-corrected chi connectivity index (χ0v) is 10.7. The van der Waals surface area contributed by atoms with Gasteiger partial charge in [0.25, 0.3) is 0 Å². The Balaban J connectivity index is 2.95. The normalized spacial score (nSPS) is 26.9. The van der Waals surface area contributed by atoms with E-state index in [0.717, 1.165) is 19.3 Å². The largest absolute Gasteiger partial charge is 0.360 e. The molecule has 1 saturated carbocycles. The van der Waals surface area contributed by atoms with E-state index in [9.17, 15) is 5.26 Å². The maximum atomic E-state index is 9.36. The number of hydrogen-bond donors (Lipinski definition) is 0. The van der Waals surface area contributed by atoms with E-state index in [1.807, 2.05) is 6.92 Å². The minimum Gasteiger partial charge on any atom is -0.360 e. The molecule has 0 atom stereocenters. The second-order valence-corrected chi connectivity index (χ2v) is 6.40. The zero-order chi connectivity index (χ0) is 11.7. The van der Waals surface area contributed by atoms with Crippen molar-refractivity contribution in [1.29, 1.82) is 5.26 Å². The first-order valence-electron chi connectivity index (χ1n) is 5.79. The quantitative estimate of drug-likeness (QED) is 0.697. The first-order chi connectivity index (χ1) is 6.74. The van der Waals surface area contributed by atoms with Crippen molar-refractivity contribution in [3.8, 4) is 6.07 Å². The van der Waals surface area contributed by atoms with Gasteiger partial charge in [-0.15, -0.1) is 0 Å². The molecule has 1 aliphatic carbocycles. The fraction of sp³-hybridized carbons (Fsp3) is 0.923. The average molecular weight is 209 g/mol. The van der Waals surface area contributed by atoms with Gasteiger partial charge in [-0.1, -0.05) is 27.7 Å². The standard InChI is InChI=1S/C13H23NO/c1-6-15-13(10-14)8-11(2,3)7-12(4,5)9-13/h6-9H2,1-5H3. The molecule has 0 radical (unpaired) electrons. The molecule has 0 aromatic rings. The highest BCUT2D eigenvalue weighted by Crippen LogP contribution is 2.51. The van der Waals surface area contributed by atoms with Gasteiger partial charge in [-0.3, -0.25) is 0 Å². The molecule has 0 bridgehead atoms. The molecule has 0 heterocycles. The Morgan fingerprint density at radius 1 is 1.07 bits per heavy atom. The van der Waals surface area contributed by atoms with Crippen molar-refractivity contribution in [2.24, 2.45) is 10.8 Å². The molecular formula is C13H23NO. The molecule has 0 saturated heterocycles. The van der Waals surface area contributed by atoms with Crippen LogP contribution >= 0.6 is 0 Å². The van der Waals surface area contributed by atoms with Gasteiger partial charge in [-0.2, -0.15) is 5.26 Å². The van der Waals surface area contributed by atoms with Crippen LogP contribution < -0.4 is 0 Å². The van der Waals surface area contributed by atoms with Crippen LogP contribution in [0, 0.1) is 22.2 Å². The summed E-state index contributed by atoms with van der Waals surface area (Å²) >= 11 is 0. The second-order valence-electron chi connectivity index (χ2n) is 6.40. The Morgan fingerprint density at radius 3 is 1.87 bits per heavy atom. The average Bonchev–Trinajstić information content (AvgIpc) is 1.98. The Kier molecular flexibility index (Phi) is 3.16. The van der Waals surface area contributed by atoms with Gasteiger partial charge in [0.2, 0.25) is 0 Å². The highest BCUT2D eigenvalue weighted by molar-refractivity contribution is 5.10. The predicted octanol–water partition coefficient (Wildman–Crippen LogP) is 3.52. The van der Waals surface area contributed by atoms with Crippen molar-refractivity contribution in [3.05, 3.63) is 0 Å². The Hall–Kier alpha value is -0.550. The minimum absolute atomic E-state index is 0.201. The lowest BCUT2D eigenvalue weighted by Crippen LogP contribution is -2.47. The molecule has 0 aromatic heterocycles. The van der Waals surface area contributed by atoms with Gasteiger partial charge in [0, 0.05) is 6.61 Å². The van der Waals surface area contributed by atoms with E-state index in [1.165, 1.54) is 0 Å². The monoisotopic (exact) mass is 209 g/mol. The molecule has 1 rings (SSSR count). The molecule has 1 fully saturated rings. The lowest BCUT2D eigenvalue weighted by atomic mass is 9.60. The van der Waals surface area contributed by atoms with E-state index in [2.05, 4.69) is 33.8 Å². The van der Waals surface area contributed by atoms with E-state index in [-0.39, 0.29) is 10.8 Å². The van der Waals surface area contributed by atoms with Crippen molar-refractivity contribution >= 4 is 0 Å². The molecule has 86 valence electrons. The van der Waals surface area contributed by atoms with Crippen molar-refractivity contribution in [2.45, 2.75) is 59.5 Å². The van der Waals surface area contributed by atoms with Gasteiger partial charge in [-0.25, -0.2) is 0 Å². The fourth-order valence-electron chi connectivity index (χ4n) is 3.52. The number of ether oxygens (including phenoxy) is 1. The van der Waals surface area contributed by atoms with Crippen LogP contribution in [0.2, 0.25) is 0 Å². The summed E-state index contributed by atoms with van der Waals surface area (Å²) in [5.41, 5.74) is -0.153. The Labute approximate surface area is 93.6 Å². The molecule has 0 spiro atoms. The third kappa shape index (κ3) is 2.95. The predicted molar refractivity (Wildman–Crippen MR) is 61.4 cm³/mol. The van der Waals surface area contributed by atoms with E-state index < -0.39 is 5.60 Å². The molecule has 2 heteroatoms. The highest BCUT2D eigenvalue weighted by Gasteiger charge is 2.48. The summed E-state index contributed by atoms with van der Waals surface area (Å²) in [6.07, 6.45) is 2.87. The molecule has 0 unspecified atom stereocenters. The molecule has 0 N–H and O–H groups in total. The summed E-state index contributed by atoms with van der Waals surface area (Å²) in [6, 6.07) is 2.41. The number of hydrogen-bond acceptors (Lipinski definition) is 2. The highest BCUT2D eigenvalue weighted by atomic mass is 16.5. The second kappa shape index (κ2) is 3.79. The Morgan fingerprint density at radius 2 is 1.53 bits per heavy atom. The molecule has 0 aliphatic heterocycles. The first-order valence-corrected chi connectivity index (χ1v) is 5.79. The lowest BCUT2D eigenvalue weighted by molar-refractivity contribution is -0.0914. The van der Waals surface area contributed by atoms with Crippen molar-refractivity contribution in [1.82, 2.24) is 0 Å². The molecule has 0 aromatic carbocycles. The van der Waals surface area contributed by atoms with Gasteiger partial charge in [-0.05, 0) is 37.0 Å². The summed E-state index contributed by atoms with van der Waals surface area (Å²) in [5.74, 6) is 0. The van der Waals surface area contributed by atoms with Crippen LogP contribution in [0.15, 0.2) is 0 Å². The summed E-state index contributed by atoms with van der Waals surface area (Å²) < 4.78 is 5.73. The molecule has 0 amide bonds. The van der Waals surface area contributed by atoms with Crippen LogP contribution in [0.1, 0.15) is 53.9 Å². The van der Waals surface area contributed by atoms with Crippen molar-refractivity contribution < 1.29 is 4.74 Å². The summed E-state index contributed by atoms with van der Waals surface area (Å²) in [6.45, 7) is 11.5. The summed E-state index contributed by atoms with van der Waals surface area (Å²) in [7, 11) is 0. The van der Waals surface area contributed by atoms with Crippen LogP contribution in [0.5, 0.6) is 0 Å². The maximum Gasteiger partial charge on any atom is 0.155 e. The van der Waals surface area contributed by atoms with Crippen LogP contribution in [-0.4, -0.2) is 12.2 Å². The van der Waals surface area contributed by atoms with Crippen LogP contribution in [0.4, 0.5) is 0 Å². The molecular weight excluding hydrogens is 186 g/mol. The topological polar surface area (TPSA) is 33.0 Å². The minimum atomic E-state index is -0.556. The van der Waals surface area contributed by atoms with Gasteiger partial charge < -0.3 is 4.74 Å². The van der Waals surface area contributed by atoms with Gasteiger partial charge in [0.15, 0.2) is 5.60 Å². The molecule has 1 aliphatic rings. The number of nitrogens with zero attached hydrogens (tertiary/aromatic N) is 1. The fourth-order valence-corrected chi connectivity index (χ4v) is 3.52. The summed E-state index contributed by atoms with van der Waals surface area (Å²) in [4.78, 5) is 0. The van der Waals surface area contributed by atoms with Crippen molar-refractivity contribution in [3.63, 3.8) is 0 Å². The number of rotatable bonds is 2. The maximum absolute atomic E-state index is 9.36. The van der Waals surface area contributed by atoms with Gasteiger partial charge in [0.1, 0.15) is 0 Å². The van der Waals surface area contributed by atoms with Crippen LogP contribution in [0.3, 0.4) is 0 Å². The van der Waals surface area contributed by atoms with Gasteiger partial charge in [0.05, 0.1) is 6.07 Å². The zero-order valence-electron chi connectivity index (χ0n) is 10.7. The van der Waals surface area contributed by atoms with Crippen LogP contribution in [-0.2, 0) is 4.74 Å². The lowest BCUT2D eigenvalue weighted by Gasteiger charge is -2.48. The third-order valence-electron chi connectivity index (χ3n) is 3.11. The summed E-state index contributed by atoms with van der Waals surface area (Å²) in [5, 5.41) is 9.36. The van der Waals surface area contributed by atoms with Crippen LogP contribution in [0.25, 0.3) is 0 Å². The SMILES string of the molecule is CCOC1(C#N)CC(C)(C)CC(C)(C)C1. The van der Waals surface area contributed by atoms with Crippen molar-refractivity contribution in [2.75, 3.05) is 6.61 Å². The van der Waals surface area contributed by atoms with E-state index >= 15 is 0 Å². The van der Waals surface area contributed by atoms with E-state index in [4.69, 9.17) is 4.74 Å². The smallest absolute Gasteiger partial charge is 0.155 e. The third-order valence-corrected chi connectivity index (χ3v) is 3.11. The first kappa shape index (κ1) is 12.5. The Bertz CT molecular complexity index is 257. The van der Waals surface area contributed by atoms with Gasteiger partial charge >= 0.3 is 0 Å². The van der Waals surface area contributed by atoms with E-state index in [0.29, 0.717) is 6.61 Å². The molecule has 15 heavy (non-hydrogen) atoms. The molecule has 2 nitrogen and oxygen atoms in total.